The SMILES string of the molecule is COC(=O)C1CCCCN1C(=O)[CH]([Pb])[Pb]. The summed E-state index contributed by atoms with van der Waals surface area (Å²) in [5, 5.41) is 0. The molecule has 0 N–H and O–H groups in total. The number of esters is 1. The third-order valence-electron chi connectivity index (χ3n) is 2.51. The predicted octanol–water partition coefficient (Wildman–Crippen LogP) is -0.377. The van der Waals surface area contributed by atoms with Gasteiger partial charge in [0.1, 0.15) is 0 Å². The van der Waals surface area contributed by atoms with Crippen LogP contribution in [0, 0.1) is 0 Å². The molecule has 1 unspecified atom stereocenters. The monoisotopic (exact) mass is 599 g/mol. The molecule has 6 radical (unpaired) electrons. The van der Waals surface area contributed by atoms with E-state index in [4.69, 9.17) is 4.74 Å². The summed E-state index contributed by atoms with van der Waals surface area (Å²) in [7, 11) is 1.39. The van der Waals surface area contributed by atoms with Crippen molar-refractivity contribution in [1.29, 1.82) is 0 Å². The number of ether oxygens (including phenoxy) is 1. The molecule has 1 heterocycles. The molecule has 0 aromatic rings. The van der Waals surface area contributed by atoms with Crippen LogP contribution in [-0.4, -0.2) is 88.0 Å². The first-order valence-corrected chi connectivity index (χ1v) is 9.37. The molecule has 0 aromatic carbocycles. The van der Waals surface area contributed by atoms with E-state index in [1.165, 1.54) is 7.11 Å². The Morgan fingerprint density at radius 3 is 2.60 bits per heavy atom. The van der Waals surface area contributed by atoms with Crippen molar-refractivity contribution < 1.29 is 14.3 Å². The number of carbonyl (C=O) groups excluding carboxylic acids is 2. The fourth-order valence-electron chi connectivity index (χ4n) is 1.74. The Balaban J connectivity index is 2.73. The summed E-state index contributed by atoms with van der Waals surface area (Å²) in [4.78, 5) is 25.2. The summed E-state index contributed by atoms with van der Waals surface area (Å²) < 4.78 is 4.96. The molecule has 0 aliphatic carbocycles. The summed E-state index contributed by atoms with van der Waals surface area (Å²) in [5.74, 6) is -0.0875. The third kappa shape index (κ3) is 3.63. The fourth-order valence-corrected chi connectivity index (χ4v) is 3.03. The minimum atomic E-state index is -0.318. The molecule has 4 nitrogen and oxygen atoms in total. The number of piperidine rings is 1. The number of hydrogen-bond donors (Lipinski definition) is 0. The van der Waals surface area contributed by atoms with Crippen LogP contribution < -0.4 is 0 Å². The van der Waals surface area contributed by atoms with Crippen LogP contribution in [0.25, 0.3) is 0 Å². The van der Waals surface area contributed by atoms with Gasteiger partial charge in [0.15, 0.2) is 0 Å². The van der Waals surface area contributed by atoms with Gasteiger partial charge in [-0.25, -0.2) is 0 Å². The first-order chi connectivity index (χ1) is 7.07. The van der Waals surface area contributed by atoms with E-state index in [1.807, 2.05) is 0 Å². The van der Waals surface area contributed by atoms with E-state index >= 15 is 0 Å². The summed E-state index contributed by atoms with van der Waals surface area (Å²) in [5.41, 5.74) is 0. The van der Waals surface area contributed by atoms with Gasteiger partial charge in [0.05, 0.1) is 0 Å². The first-order valence-electron chi connectivity index (χ1n) is 4.88. The van der Waals surface area contributed by atoms with Crippen molar-refractivity contribution in [2.24, 2.45) is 0 Å². The molecule has 1 rings (SSSR count). The van der Waals surface area contributed by atoms with Gasteiger partial charge in [0, 0.05) is 0 Å². The average molecular weight is 598 g/mol. The molecule has 0 saturated carbocycles. The predicted molar refractivity (Wildman–Crippen MR) is 56.6 cm³/mol. The summed E-state index contributed by atoms with van der Waals surface area (Å²) >= 11 is 1.79. The third-order valence-corrected chi connectivity index (χ3v) is 4.43. The van der Waals surface area contributed by atoms with Crippen LogP contribution in [0.2, 0.25) is 1.04 Å². The van der Waals surface area contributed by atoms with E-state index in [0.717, 1.165) is 77.3 Å². The molecule has 1 aliphatic rings. The molecule has 0 bridgehead atoms. The molecule has 1 saturated heterocycles. The molecule has 0 aromatic heterocycles. The van der Waals surface area contributed by atoms with Gasteiger partial charge < -0.3 is 0 Å². The van der Waals surface area contributed by atoms with Crippen LogP contribution in [0.4, 0.5) is 0 Å². The van der Waals surface area contributed by atoms with Gasteiger partial charge in [-0.1, -0.05) is 0 Å². The number of likely N-dealkylation sites (tertiary alicyclic amines) is 1. The molecule has 1 amide bonds. The van der Waals surface area contributed by atoms with Gasteiger partial charge in [0.2, 0.25) is 0 Å². The van der Waals surface area contributed by atoms with E-state index in [-0.39, 0.29) is 19.0 Å². The number of methoxy groups -OCH3 is 1. The van der Waals surface area contributed by atoms with E-state index in [2.05, 4.69) is 0 Å². The van der Waals surface area contributed by atoms with Gasteiger partial charge >= 0.3 is 123 Å². The van der Waals surface area contributed by atoms with Gasteiger partial charge in [-0.05, 0) is 0 Å². The van der Waals surface area contributed by atoms with Crippen LogP contribution in [0.3, 0.4) is 0 Å². The van der Waals surface area contributed by atoms with Crippen LogP contribution in [0.1, 0.15) is 19.3 Å². The summed E-state index contributed by atoms with van der Waals surface area (Å²) in [6.45, 7) is 0.722. The van der Waals surface area contributed by atoms with Crippen molar-refractivity contribution in [3.63, 3.8) is 0 Å². The maximum atomic E-state index is 11.9. The normalized spacial score (nSPS) is 21.6. The molecular weight excluding hydrogens is 585 g/mol. The Morgan fingerprint density at radius 1 is 1.40 bits per heavy atom. The first kappa shape index (κ1) is 13.8. The van der Waals surface area contributed by atoms with Crippen molar-refractivity contribution in [3.8, 4) is 0 Å². The van der Waals surface area contributed by atoms with E-state index < -0.39 is 0 Å². The van der Waals surface area contributed by atoms with Crippen LogP contribution in [0.15, 0.2) is 0 Å². The second-order valence-electron chi connectivity index (χ2n) is 3.50. The topological polar surface area (TPSA) is 46.6 Å². The van der Waals surface area contributed by atoms with Crippen LogP contribution in [0.5, 0.6) is 0 Å². The van der Waals surface area contributed by atoms with E-state index in [9.17, 15) is 9.59 Å². The zero-order chi connectivity index (χ0) is 11.4. The van der Waals surface area contributed by atoms with E-state index in [0.29, 0.717) is 0 Å². The number of nitrogens with zero attached hydrogens (tertiary/aromatic N) is 1. The van der Waals surface area contributed by atoms with Crippen molar-refractivity contribution >= 4 is 63.4 Å². The van der Waals surface area contributed by atoms with Crippen LogP contribution in [-0.2, 0) is 14.3 Å². The van der Waals surface area contributed by atoms with Gasteiger partial charge in [0.25, 0.3) is 0 Å². The minimum absolute atomic E-state index is 0.170. The molecule has 15 heavy (non-hydrogen) atoms. The molecule has 1 aliphatic heterocycles. The number of amides is 1. The van der Waals surface area contributed by atoms with E-state index in [1.54, 1.807) is 4.90 Å². The molecular formula is C9H13NO3Pb2. The van der Waals surface area contributed by atoms with Crippen molar-refractivity contribution in [3.05, 3.63) is 0 Å². The van der Waals surface area contributed by atoms with Crippen molar-refractivity contribution in [2.75, 3.05) is 13.7 Å². The molecule has 1 atom stereocenters. The second kappa shape index (κ2) is 6.50. The fraction of sp³-hybridized carbons (Fsp3) is 0.778. The van der Waals surface area contributed by atoms with Gasteiger partial charge in [-0.15, -0.1) is 0 Å². The number of hydrogen-bond acceptors (Lipinski definition) is 3. The second-order valence-corrected chi connectivity index (χ2v) is 16.7. The average Bonchev–Trinajstić information content (AvgIpc) is 2.27. The van der Waals surface area contributed by atoms with Crippen LogP contribution >= 0.6 is 0 Å². The Hall–Kier alpha value is 0.784. The zero-order valence-corrected chi connectivity index (χ0v) is 16.4. The molecule has 80 valence electrons. The van der Waals surface area contributed by atoms with Gasteiger partial charge in [-0.3, -0.25) is 0 Å². The molecule has 1 fully saturated rings. The quantitative estimate of drug-likeness (QED) is 0.323. The summed E-state index contributed by atoms with van der Waals surface area (Å²) in [6, 6.07) is -0.318. The standard InChI is InChI=1S/C9H13NO3.2Pb/c1-7(11)10-6-4-3-5-8(10)9(12)13-2;;/h1,8H,3-6H2,2H3;;. The molecule has 6 heteroatoms. The number of rotatable bonds is 2. The maximum absolute atomic E-state index is 11.9. The number of carbonyl (C=O) groups is 2. The molecule has 0 spiro atoms. The Kier molecular flexibility index (Phi) is 6.00. The van der Waals surface area contributed by atoms with Gasteiger partial charge in [-0.2, -0.15) is 0 Å². The Labute approximate surface area is 121 Å². The Bertz CT molecular complexity index is 258. The van der Waals surface area contributed by atoms with Crippen molar-refractivity contribution in [1.82, 2.24) is 4.90 Å². The zero-order valence-electron chi connectivity index (χ0n) is 8.66. The van der Waals surface area contributed by atoms with Crippen molar-refractivity contribution in [2.45, 2.75) is 26.3 Å². The Morgan fingerprint density at radius 2 is 2.07 bits per heavy atom. The summed E-state index contributed by atoms with van der Waals surface area (Å²) in [6.07, 6.45) is 2.78.